The third-order valence-electron chi connectivity index (χ3n) is 3.49. The van der Waals surface area contributed by atoms with Gasteiger partial charge in [0.05, 0.1) is 50.4 Å². The van der Waals surface area contributed by atoms with Crippen LogP contribution in [0.15, 0.2) is 18.2 Å². The highest BCUT2D eigenvalue weighted by Gasteiger charge is 2.18. The highest BCUT2D eigenvalue weighted by atomic mass is 35.5. The molecule has 2 amide bonds. The van der Waals surface area contributed by atoms with Crippen LogP contribution in [0.5, 0.6) is 0 Å². The van der Waals surface area contributed by atoms with Crippen molar-refractivity contribution in [2.45, 2.75) is 0 Å². The number of hydrazine groups is 1. The van der Waals surface area contributed by atoms with Crippen molar-refractivity contribution < 1.29 is 14.5 Å². The number of rotatable bonds is 4. The van der Waals surface area contributed by atoms with Crippen LogP contribution in [0.1, 0.15) is 10.4 Å². The molecule has 2 rings (SSSR count). The van der Waals surface area contributed by atoms with Gasteiger partial charge in [-0.1, -0.05) is 23.2 Å². The van der Waals surface area contributed by atoms with Crippen molar-refractivity contribution in [3.05, 3.63) is 33.8 Å². The first kappa shape index (κ1) is 17.0. The van der Waals surface area contributed by atoms with E-state index in [9.17, 15) is 9.59 Å². The SMILES string of the molecule is C[NH+]1CCN(NC(=O)CNC(=O)c2ccc(Cl)cc2Cl)CC1. The lowest BCUT2D eigenvalue weighted by Crippen LogP contribution is -3.12. The van der Waals surface area contributed by atoms with Crippen molar-refractivity contribution in [3.8, 4) is 0 Å². The lowest BCUT2D eigenvalue weighted by Gasteiger charge is -2.30. The number of carbonyl (C=O) groups excluding carboxylic acids is 2. The van der Waals surface area contributed by atoms with Gasteiger partial charge in [0.25, 0.3) is 11.8 Å². The molecular formula is C14H19Cl2N4O2+. The van der Waals surface area contributed by atoms with Gasteiger partial charge in [0.15, 0.2) is 0 Å². The molecule has 1 aromatic rings. The van der Waals surface area contributed by atoms with E-state index in [0.717, 1.165) is 26.2 Å². The number of carbonyl (C=O) groups is 2. The van der Waals surface area contributed by atoms with Crippen LogP contribution >= 0.6 is 23.2 Å². The number of nitrogens with one attached hydrogen (secondary N) is 3. The molecule has 1 aliphatic heterocycles. The number of amides is 2. The summed E-state index contributed by atoms with van der Waals surface area (Å²) in [6.07, 6.45) is 0. The molecule has 3 N–H and O–H groups in total. The molecule has 1 aromatic carbocycles. The van der Waals surface area contributed by atoms with Gasteiger partial charge in [0, 0.05) is 5.02 Å². The largest absolute Gasteiger partial charge is 0.343 e. The van der Waals surface area contributed by atoms with Gasteiger partial charge in [-0.05, 0) is 18.2 Å². The fraction of sp³-hybridized carbons (Fsp3) is 0.429. The third kappa shape index (κ3) is 4.84. The summed E-state index contributed by atoms with van der Waals surface area (Å²) in [4.78, 5) is 25.3. The second kappa shape index (κ2) is 7.78. The molecule has 0 spiro atoms. The molecule has 0 aliphatic carbocycles. The predicted molar refractivity (Wildman–Crippen MR) is 85.1 cm³/mol. The number of likely N-dealkylation sites (N-methyl/N-ethyl adjacent to an activating group) is 1. The second-order valence-electron chi connectivity index (χ2n) is 5.29. The Labute approximate surface area is 139 Å². The zero-order valence-electron chi connectivity index (χ0n) is 12.3. The minimum absolute atomic E-state index is 0.100. The first-order valence-corrected chi connectivity index (χ1v) is 7.80. The molecule has 22 heavy (non-hydrogen) atoms. The van der Waals surface area contributed by atoms with E-state index in [-0.39, 0.29) is 17.5 Å². The first-order valence-electron chi connectivity index (χ1n) is 7.04. The van der Waals surface area contributed by atoms with E-state index in [0.29, 0.717) is 10.6 Å². The van der Waals surface area contributed by atoms with Crippen LogP contribution in [0.3, 0.4) is 0 Å². The number of hydrogen-bond acceptors (Lipinski definition) is 3. The van der Waals surface area contributed by atoms with Crippen molar-refractivity contribution in [3.63, 3.8) is 0 Å². The smallest absolute Gasteiger partial charge is 0.253 e. The summed E-state index contributed by atoms with van der Waals surface area (Å²) in [5.41, 5.74) is 3.08. The number of quaternary nitrogens is 1. The van der Waals surface area contributed by atoms with Gasteiger partial charge < -0.3 is 10.2 Å². The Morgan fingerprint density at radius 2 is 1.95 bits per heavy atom. The lowest BCUT2D eigenvalue weighted by molar-refractivity contribution is -0.884. The summed E-state index contributed by atoms with van der Waals surface area (Å²) in [5.74, 6) is -0.655. The predicted octanol–water partition coefficient (Wildman–Crippen LogP) is -0.415. The van der Waals surface area contributed by atoms with Gasteiger partial charge in [-0.2, -0.15) is 0 Å². The number of benzene rings is 1. The Morgan fingerprint density at radius 1 is 1.27 bits per heavy atom. The standard InChI is InChI=1S/C14H18Cl2N4O2/c1-19-4-6-20(7-5-19)18-13(21)9-17-14(22)11-3-2-10(15)8-12(11)16/h2-3,8H,4-7,9H2,1H3,(H,17,22)(H,18,21)/p+1. The topological polar surface area (TPSA) is 65.9 Å². The maximum absolute atomic E-state index is 12.0. The fourth-order valence-electron chi connectivity index (χ4n) is 2.15. The molecule has 0 aromatic heterocycles. The second-order valence-corrected chi connectivity index (χ2v) is 6.13. The number of hydrogen-bond donors (Lipinski definition) is 3. The molecule has 0 atom stereocenters. The Morgan fingerprint density at radius 3 is 2.59 bits per heavy atom. The Balaban J connectivity index is 1.79. The minimum Gasteiger partial charge on any atom is -0.343 e. The lowest BCUT2D eigenvalue weighted by atomic mass is 10.2. The Kier molecular flexibility index (Phi) is 6.02. The van der Waals surface area contributed by atoms with Crippen molar-refractivity contribution in [1.29, 1.82) is 0 Å². The molecule has 0 unspecified atom stereocenters. The molecule has 0 saturated carbocycles. The Hall–Kier alpha value is -1.34. The molecule has 1 fully saturated rings. The van der Waals surface area contributed by atoms with Crippen LogP contribution in [-0.4, -0.2) is 56.6 Å². The van der Waals surface area contributed by atoms with Crippen LogP contribution < -0.4 is 15.6 Å². The maximum Gasteiger partial charge on any atom is 0.253 e. The van der Waals surface area contributed by atoms with Crippen LogP contribution in [0.25, 0.3) is 0 Å². The van der Waals surface area contributed by atoms with Gasteiger partial charge in [-0.15, -0.1) is 0 Å². The van der Waals surface area contributed by atoms with E-state index in [1.165, 1.54) is 17.0 Å². The van der Waals surface area contributed by atoms with Crippen molar-refractivity contribution >= 4 is 35.0 Å². The summed E-state index contributed by atoms with van der Waals surface area (Å²) in [6, 6.07) is 4.60. The Bertz CT molecular complexity index is 560. The van der Waals surface area contributed by atoms with E-state index in [1.54, 1.807) is 6.07 Å². The van der Waals surface area contributed by atoms with E-state index < -0.39 is 5.91 Å². The zero-order chi connectivity index (χ0) is 16.1. The average molecular weight is 346 g/mol. The van der Waals surface area contributed by atoms with Gasteiger partial charge in [-0.25, -0.2) is 5.01 Å². The molecule has 0 bridgehead atoms. The number of piperazine rings is 1. The molecule has 1 heterocycles. The number of halogens is 2. The van der Waals surface area contributed by atoms with Gasteiger partial charge in [0.1, 0.15) is 0 Å². The van der Waals surface area contributed by atoms with E-state index in [1.807, 2.05) is 5.01 Å². The molecule has 6 nitrogen and oxygen atoms in total. The zero-order valence-corrected chi connectivity index (χ0v) is 13.8. The maximum atomic E-state index is 12.0. The molecule has 0 radical (unpaired) electrons. The van der Waals surface area contributed by atoms with Gasteiger partial charge >= 0.3 is 0 Å². The fourth-order valence-corrected chi connectivity index (χ4v) is 2.64. The minimum atomic E-state index is -0.403. The molecule has 8 heteroatoms. The van der Waals surface area contributed by atoms with E-state index in [2.05, 4.69) is 17.8 Å². The van der Waals surface area contributed by atoms with Gasteiger partial charge in [-0.3, -0.25) is 15.0 Å². The summed E-state index contributed by atoms with van der Waals surface area (Å²) in [6.45, 7) is 3.46. The van der Waals surface area contributed by atoms with Crippen LogP contribution in [0.2, 0.25) is 10.0 Å². The molecule has 120 valence electrons. The van der Waals surface area contributed by atoms with Crippen LogP contribution in [0, 0.1) is 0 Å². The molecule has 1 aliphatic rings. The van der Waals surface area contributed by atoms with E-state index >= 15 is 0 Å². The van der Waals surface area contributed by atoms with Crippen LogP contribution in [-0.2, 0) is 4.79 Å². The number of nitrogens with zero attached hydrogens (tertiary/aromatic N) is 1. The summed E-state index contributed by atoms with van der Waals surface area (Å²) >= 11 is 11.7. The highest BCUT2D eigenvalue weighted by Crippen LogP contribution is 2.20. The average Bonchev–Trinajstić information content (AvgIpc) is 2.47. The monoisotopic (exact) mass is 345 g/mol. The van der Waals surface area contributed by atoms with Crippen LogP contribution in [0.4, 0.5) is 0 Å². The normalized spacial score (nSPS) is 16.3. The molecular weight excluding hydrogens is 327 g/mol. The summed E-state index contributed by atoms with van der Waals surface area (Å²) < 4.78 is 0. The first-order chi connectivity index (χ1) is 10.5. The molecule has 1 saturated heterocycles. The summed E-state index contributed by atoms with van der Waals surface area (Å²) in [7, 11) is 2.12. The summed E-state index contributed by atoms with van der Waals surface area (Å²) in [5, 5.41) is 5.13. The third-order valence-corrected chi connectivity index (χ3v) is 4.03. The van der Waals surface area contributed by atoms with Crippen molar-refractivity contribution in [1.82, 2.24) is 15.8 Å². The van der Waals surface area contributed by atoms with E-state index in [4.69, 9.17) is 23.2 Å². The van der Waals surface area contributed by atoms with Gasteiger partial charge in [0.2, 0.25) is 0 Å². The van der Waals surface area contributed by atoms with Crippen molar-refractivity contribution in [2.75, 3.05) is 39.8 Å². The quantitative estimate of drug-likeness (QED) is 0.694. The highest BCUT2D eigenvalue weighted by molar-refractivity contribution is 6.36. The van der Waals surface area contributed by atoms with Crippen molar-refractivity contribution in [2.24, 2.45) is 0 Å².